The van der Waals surface area contributed by atoms with Gasteiger partial charge in [0.25, 0.3) is 0 Å². The van der Waals surface area contributed by atoms with Crippen molar-refractivity contribution in [2.45, 2.75) is 38.8 Å². The summed E-state index contributed by atoms with van der Waals surface area (Å²) in [4.78, 5) is 13.0. The van der Waals surface area contributed by atoms with Crippen molar-refractivity contribution in [2.24, 2.45) is 0 Å². The number of carboxylic acids is 1. The van der Waals surface area contributed by atoms with Crippen molar-refractivity contribution in [3.63, 3.8) is 0 Å². The van der Waals surface area contributed by atoms with E-state index in [1.54, 1.807) is 18.3 Å². The molecule has 8 heteroatoms. The predicted molar refractivity (Wildman–Crippen MR) is 116 cm³/mol. The molecule has 0 saturated carbocycles. The van der Waals surface area contributed by atoms with Crippen LogP contribution in [-0.2, 0) is 30.7 Å². The molecule has 0 atom stereocenters. The molecule has 1 aliphatic heterocycles. The van der Waals surface area contributed by atoms with Crippen LogP contribution in [0.4, 0.5) is 15.8 Å². The number of hydrogen-bond acceptors (Lipinski definition) is 5. The maximum Gasteiger partial charge on any atom is 1.00 e. The van der Waals surface area contributed by atoms with E-state index in [0.717, 1.165) is 32.5 Å². The molecule has 4 rings (SSSR count). The zero-order chi connectivity index (χ0) is 21.6. The fraction of sp³-hybridized carbons (Fsp3) is 0.333. The minimum Gasteiger partial charge on any atom is -0.550 e. The smallest absolute Gasteiger partial charge is 0.550 e. The molecule has 0 saturated heterocycles. The van der Waals surface area contributed by atoms with Crippen LogP contribution in [0.2, 0.25) is 0 Å². The van der Waals surface area contributed by atoms with E-state index in [9.17, 15) is 14.3 Å². The van der Waals surface area contributed by atoms with Crippen molar-refractivity contribution in [1.29, 1.82) is 0 Å². The van der Waals surface area contributed by atoms with Gasteiger partial charge in [0.15, 0.2) is 0 Å². The van der Waals surface area contributed by atoms with E-state index in [0.29, 0.717) is 17.8 Å². The Morgan fingerprint density at radius 1 is 1.16 bits per heavy atom. The molecule has 0 amide bonds. The zero-order valence-electron chi connectivity index (χ0n) is 18.4. The second-order valence-electron chi connectivity index (χ2n) is 7.81. The first kappa shape index (κ1) is 24.3. The van der Waals surface area contributed by atoms with Crippen molar-refractivity contribution in [3.8, 4) is 0 Å². The van der Waals surface area contributed by atoms with Crippen LogP contribution in [0.3, 0.4) is 0 Å². The number of halogens is 1. The molecule has 2 heterocycles. The van der Waals surface area contributed by atoms with E-state index >= 15 is 0 Å². The van der Waals surface area contributed by atoms with Gasteiger partial charge in [0, 0.05) is 49.4 Å². The standard InChI is InChI=1S/C24H27FN4O2.Na/c25-22-16-20(9-7-18(22)8-10-24(30)31)26-17-19-4-1-6-23-21(19)5-2-12-28(23)14-15-29-13-3-11-27-29;/h1,3-4,6-7,9,11,13,16,26H,2,5,8,10,12,14-15,17H2,(H,30,31);/q;+1/p-1. The molecule has 32 heavy (non-hydrogen) atoms. The normalized spacial score (nSPS) is 12.7. The van der Waals surface area contributed by atoms with Crippen LogP contribution in [0.5, 0.6) is 0 Å². The Morgan fingerprint density at radius 3 is 2.78 bits per heavy atom. The number of carboxylic acid groups (broad SMARTS) is 1. The van der Waals surface area contributed by atoms with E-state index in [2.05, 4.69) is 33.5 Å². The fourth-order valence-corrected chi connectivity index (χ4v) is 4.12. The van der Waals surface area contributed by atoms with E-state index in [1.807, 2.05) is 16.9 Å². The minimum absolute atomic E-state index is 0. The van der Waals surface area contributed by atoms with Gasteiger partial charge in [-0.3, -0.25) is 4.68 Å². The van der Waals surface area contributed by atoms with Gasteiger partial charge >= 0.3 is 29.6 Å². The fourth-order valence-electron chi connectivity index (χ4n) is 4.12. The molecule has 1 aliphatic rings. The molecule has 3 aromatic rings. The summed E-state index contributed by atoms with van der Waals surface area (Å²) in [5, 5.41) is 18.2. The molecule has 2 aromatic carbocycles. The van der Waals surface area contributed by atoms with Crippen LogP contribution in [0.25, 0.3) is 0 Å². The van der Waals surface area contributed by atoms with Crippen molar-refractivity contribution >= 4 is 17.3 Å². The summed E-state index contributed by atoms with van der Waals surface area (Å²) in [5.74, 6) is -1.57. The molecular formula is C24H26FN4NaO2. The van der Waals surface area contributed by atoms with Crippen LogP contribution < -0.4 is 44.9 Å². The maximum absolute atomic E-state index is 14.3. The van der Waals surface area contributed by atoms with Crippen molar-refractivity contribution in [3.05, 3.63) is 77.4 Å². The first-order valence-electron chi connectivity index (χ1n) is 10.7. The Balaban J connectivity index is 0.00000289. The number of anilines is 2. The topological polar surface area (TPSA) is 73.2 Å². The number of aryl methyl sites for hydroxylation is 1. The SMILES string of the molecule is O=C([O-])CCc1ccc(NCc2cccc3c2CCCN3CCn2cccn2)cc1F.[Na+]. The molecule has 0 radical (unpaired) electrons. The van der Waals surface area contributed by atoms with Gasteiger partial charge in [-0.2, -0.15) is 5.10 Å². The molecule has 0 unspecified atom stereocenters. The third-order valence-corrected chi connectivity index (χ3v) is 5.74. The average Bonchev–Trinajstić information content (AvgIpc) is 3.29. The summed E-state index contributed by atoms with van der Waals surface area (Å²) < 4.78 is 16.2. The van der Waals surface area contributed by atoms with Crippen molar-refractivity contribution in [2.75, 3.05) is 23.3 Å². The van der Waals surface area contributed by atoms with Gasteiger partial charge in [0.1, 0.15) is 5.82 Å². The molecule has 0 bridgehead atoms. The summed E-state index contributed by atoms with van der Waals surface area (Å²) in [6.07, 6.45) is 5.86. The molecule has 1 aromatic heterocycles. The quantitative estimate of drug-likeness (QED) is 0.462. The Labute approximate surface area is 209 Å². The van der Waals surface area contributed by atoms with E-state index < -0.39 is 11.8 Å². The van der Waals surface area contributed by atoms with Crippen LogP contribution in [0.1, 0.15) is 29.5 Å². The third-order valence-electron chi connectivity index (χ3n) is 5.74. The summed E-state index contributed by atoms with van der Waals surface area (Å²) in [6.45, 7) is 3.39. The number of hydrogen-bond donors (Lipinski definition) is 1. The average molecular weight is 444 g/mol. The van der Waals surface area contributed by atoms with Crippen LogP contribution in [0.15, 0.2) is 54.9 Å². The molecule has 0 fully saturated rings. The predicted octanol–water partition coefficient (Wildman–Crippen LogP) is -0.226. The summed E-state index contributed by atoms with van der Waals surface area (Å²) >= 11 is 0. The minimum atomic E-state index is -1.17. The summed E-state index contributed by atoms with van der Waals surface area (Å²) in [7, 11) is 0. The number of aromatic nitrogens is 2. The Kier molecular flexibility index (Phi) is 8.73. The van der Waals surface area contributed by atoms with Gasteiger partial charge in [0.2, 0.25) is 0 Å². The van der Waals surface area contributed by atoms with Gasteiger partial charge in [0.05, 0.1) is 6.54 Å². The number of aliphatic carboxylic acids is 1. The second kappa shape index (κ2) is 11.5. The molecule has 162 valence electrons. The van der Waals surface area contributed by atoms with E-state index in [-0.39, 0.29) is 42.4 Å². The molecule has 0 aliphatic carbocycles. The number of nitrogens with one attached hydrogen (secondary N) is 1. The van der Waals surface area contributed by atoms with Gasteiger partial charge in [-0.1, -0.05) is 18.2 Å². The van der Waals surface area contributed by atoms with Crippen LogP contribution in [-0.4, -0.2) is 28.8 Å². The van der Waals surface area contributed by atoms with Crippen LogP contribution >= 0.6 is 0 Å². The zero-order valence-corrected chi connectivity index (χ0v) is 20.4. The number of rotatable bonds is 9. The molecular weight excluding hydrogens is 418 g/mol. The third kappa shape index (κ3) is 6.12. The number of fused-ring (bicyclic) bond motifs is 1. The number of carbonyl (C=O) groups excluding carboxylic acids is 1. The monoisotopic (exact) mass is 444 g/mol. The van der Waals surface area contributed by atoms with Crippen molar-refractivity contribution in [1.82, 2.24) is 9.78 Å². The molecule has 0 spiro atoms. The summed E-state index contributed by atoms with van der Waals surface area (Å²) in [6, 6.07) is 13.2. The van der Waals surface area contributed by atoms with Gasteiger partial charge < -0.3 is 20.1 Å². The van der Waals surface area contributed by atoms with Gasteiger partial charge in [-0.25, -0.2) is 4.39 Å². The van der Waals surface area contributed by atoms with E-state index in [1.165, 1.54) is 22.9 Å². The van der Waals surface area contributed by atoms with Crippen LogP contribution in [0, 0.1) is 5.82 Å². The molecule has 6 nitrogen and oxygen atoms in total. The van der Waals surface area contributed by atoms with Crippen molar-refractivity contribution < 1.29 is 43.8 Å². The first-order valence-corrected chi connectivity index (χ1v) is 10.7. The number of nitrogens with zero attached hydrogens (tertiary/aromatic N) is 3. The number of carbonyl (C=O) groups is 1. The van der Waals surface area contributed by atoms with Gasteiger partial charge in [-0.15, -0.1) is 0 Å². The first-order chi connectivity index (χ1) is 15.1. The maximum atomic E-state index is 14.3. The van der Waals surface area contributed by atoms with E-state index in [4.69, 9.17) is 0 Å². The van der Waals surface area contributed by atoms with Gasteiger partial charge in [-0.05, 0) is 66.6 Å². The summed E-state index contributed by atoms with van der Waals surface area (Å²) in [5.41, 5.74) is 4.88. The Bertz CT molecular complexity index is 1040. The molecule has 1 N–H and O–H groups in total. The number of benzene rings is 2. The Morgan fingerprint density at radius 2 is 2.03 bits per heavy atom. The Hall–Kier alpha value is -2.35. The largest absolute Gasteiger partial charge is 1.00 e. The second-order valence-corrected chi connectivity index (χ2v) is 7.81.